The Morgan fingerprint density at radius 2 is 1.79 bits per heavy atom. The molecule has 11 nitrogen and oxygen atoms in total. The Kier molecular flexibility index (Phi) is 7.50. The summed E-state index contributed by atoms with van der Waals surface area (Å²) in [5.74, 6) is 1.29. The van der Waals surface area contributed by atoms with Crippen molar-refractivity contribution in [3.05, 3.63) is 95.0 Å². The maximum atomic E-state index is 13.0. The molecule has 3 heterocycles. The second-order valence-electron chi connectivity index (χ2n) is 9.21. The number of carbonyl (C=O) groups is 1. The molecule has 0 bridgehead atoms. The summed E-state index contributed by atoms with van der Waals surface area (Å²) in [6.45, 7) is 3.62. The SMILES string of the molecule is COCc1nc(C(=O)NCc2ccc3c(N)nccc3c2OC)nn1Cc1ccc(Cn2cc(C)cn2)cc1. The number of nitrogens with one attached hydrogen (secondary N) is 1. The molecule has 5 aromatic rings. The standard InChI is InChI=1S/C28H30N8O3/c1-18-12-32-35(14-18)15-19-4-6-20(7-5-19)16-36-24(17-38-2)33-27(34-36)28(37)31-13-21-8-9-23-22(25(21)39-3)10-11-30-26(23)29/h4-12,14H,13,15-17H2,1-3H3,(H2,29,30)(H,31,37). The molecule has 0 aliphatic heterocycles. The molecular weight excluding hydrogens is 496 g/mol. The van der Waals surface area contributed by atoms with Gasteiger partial charge >= 0.3 is 0 Å². The van der Waals surface area contributed by atoms with Crippen LogP contribution in [0.25, 0.3) is 10.8 Å². The van der Waals surface area contributed by atoms with E-state index in [9.17, 15) is 4.79 Å². The third kappa shape index (κ3) is 5.73. The van der Waals surface area contributed by atoms with Crippen molar-refractivity contribution in [3.63, 3.8) is 0 Å². The zero-order valence-electron chi connectivity index (χ0n) is 22.1. The number of hydrogen-bond donors (Lipinski definition) is 2. The van der Waals surface area contributed by atoms with Crippen molar-refractivity contribution in [2.45, 2.75) is 33.2 Å². The van der Waals surface area contributed by atoms with Gasteiger partial charge in [-0.1, -0.05) is 36.4 Å². The van der Waals surface area contributed by atoms with Gasteiger partial charge < -0.3 is 20.5 Å². The molecular formula is C28H30N8O3. The lowest BCUT2D eigenvalue weighted by Crippen LogP contribution is -2.24. The van der Waals surface area contributed by atoms with Crippen molar-refractivity contribution in [2.75, 3.05) is 20.0 Å². The summed E-state index contributed by atoms with van der Waals surface area (Å²) in [6.07, 6.45) is 5.48. The van der Waals surface area contributed by atoms with E-state index in [1.54, 1.807) is 25.1 Å². The third-order valence-electron chi connectivity index (χ3n) is 6.34. The third-order valence-corrected chi connectivity index (χ3v) is 6.34. The van der Waals surface area contributed by atoms with Gasteiger partial charge in [0.05, 0.1) is 26.4 Å². The van der Waals surface area contributed by atoms with Gasteiger partial charge in [-0.25, -0.2) is 14.6 Å². The Morgan fingerprint density at radius 1 is 1.03 bits per heavy atom. The lowest BCUT2D eigenvalue weighted by Gasteiger charge is -2.13. The maximum absolute atomic E-state index is 13.0. The van der Waals surface area contributed by atoms with E-state index in [-0.39, 0.29) is 19.0 Å². The topological polar surface area (TPSA) is 135 Å². The fraction of sp³-hybridized carbons (Fsp3) is 0.250. The number of rotatable bonds is 10. The molecule has 0 atom stereocenters. The monoisotopic (exact) mass is 526 g/mol. The summed E-state index contributed by atoms with van der Waals surface area (Å²) < 4.78 is 14.5. The number of anilines is 1. The molecule has 0 spiro atoms. The summed E-state index contributed by atoms with van der Waals surface area (Å²) in [5.41, 5.74) is 10.1. The predicted molar refractivity (Wildman–Crippen MR) is 146 cm³/mol. The molecule has 200 valence electrons. The van der Waals surface area contributed by atoms with Crippen LogP contribution in [0.2, 0.25) is 0 Å². The molecule has 3 N–H and O–H groups in total. The molecule has 0 aliphatic carbocycles. The van der Waals surface area contributed by atoms with E-state index in [1.807, 2.05) is 54.3 Å². The van der Waals surface area contributed by atoms with Crippen molar-refractivity contribution in [1.82, 2.24) is 34.8 Å². The molecule has 0 saturated heterocycles. The number of benzene rings is 2. The Morgan fingerprint density at radius 3 is 2.49 bits per heavy atom. The molecule has 0 fully saturated rings. The first-order chi connectivity index (χ1) is 18.9. The lowest BCUT2D eigenvalue weighted by molar-refractivity contribution is 0.0940. The summed E-state index contributed by atoms with van der Waals surface area (Å²) in [5, 5.41) is 13.3. The number of hydrogen-bond acceptors (Lipinski definition) is 8. The Hall–Kier alpha value is -4.77. The minimum atomic E-state index is -0.396. The molecule has 1 amide bonds. The first-order valence-electron chi connectivity index (χ1n) is 12.4. The van der Waals surface area contributed by atoms with Gasteiger partial charge in [0.15, 0.2) is 5.82 Å². The Balaban J connectivity index is 1.29. The van der Waals surface area contributed by atoms with Gasteiger partial charge in [0, 0.05) is 42.4 Å². The van der Waals surface area contributed by atoms with Gasteiger partial charge in [-0.05, 0) is 29.7 Å². The zero-order valence-corrected chi connectivity index (χ0v) is 22.1. The largest absolute Gasteiger partial charge is 0.496 e. The number of fused-ring (bicyclic) bond motifs is 1. The van der Waals surface area contributed by atoms with Gasteiger partial charge in [0.2, 0.25) is 5.82 Å². The highest BCUT2D eigenvalue weighted by molar-refractivity contribution is 5.96. The van der Waals surface area contributed by atoms with E-state index >= 15 is 0 Å². The molecule has 0 aliphatic rings. The van der Waals surface area contributed by atoms with Crippen LogP contribution in [0.15, 0.2) is 61.1 Å². The number of amides is 1. The maximum Gasteiger partial charge on any atom is 0.291 e. The second kappa shape index (κ2) is 11.3. The second-order valence-corrected chi connectivity index (χ2v) is 9.21. The molecule has 0 unspecified atom stereocenters. The van der Waals surface area contributed by atoms with Crippen LogP contribution in [-0.4, -0.2) is 49.7 Å². The van der Waals surface area contributed by atoms with Crippen LogP contribution in [0.1, 0.15) is 38.7 Å². The highest BCUT2D eigenvalue weighted by Crippen LogP contribution is 2.31. The highest BCUT2D eigenvalue weighted by Gasteiger charge is 2.18. The Bertz CT molecular complexity index is 1610. The number of aryl methyl sites for hydroxylation is 1. The number of pyridine rings is 1. The lowest BCUT2D eigenvalue weighted by atomic mass is 10.1. The minimum absolute atomic E-state index is 0.0703. The van der Waals surface area contributed by atoms with E-state index in [2.05, 4.69) is 37.6 Å². The molecule has 5 rings (SSSR count). The number of methoxy groups -OCH3 is 2. The fourth-order valence-corrected chi connectivity index (χ4v) is 4.43. The number of ether oxygens (including phenoxy) is 2. The van der Waals surface area contributed by atoms with Crippen molar-refractivity contribution in [2.24, 2.45) is 0 Å². The smallest absolute Gasteiger partial charge is 0.291 e. The van der Waals surface area contributed by atoms with Crippen molar-refractivity contribution >= 4 is 22.5 Å². The van der Waals surface area contributed by atoms with E-state index in [0.29, 0.717) is 30.5 Å². The fourth-order valence-electron chi connectivity index (χ4n) is 4.43. The number of nitrogens with two attached hydrogens (primary N) is 1. The van der Waals surface area contributed by atoms with Crippen LogP contribution in [0, 0.1) is 6.92 Å². The predicted octanol–water partition coefficient (Wildman–Crippen LogP) is 3.10. The average Bonchev–Trinajstić information content (AvgIpc) is 3.53. The summed E-state index contributed by atoms with van der Waals surface area (Å²) in [4.78, 5) is 21.6. The average molecular weight is 527 g/mol. The van der Waals surface area contributed by atoms with Crippen LogP contribution in [0.3, 0.4) is 0 Å². The van der Waals surface area contributed by atoms with Crippen LogP contribution >= 0.6 is 0 Å². The minimum Gasteiger partial charge on any atom is -0.496 e. The summed E-state index contributed by atoms with van der Waals surface area (Å²) in [7, 11) is 3.17. The zero-order chi connectivity index (χ0) is 27.4. The van der Waals surface area contributed by atoms with Crippen molar-refractivity contribution in [1.29, 1.82) is 0 Å². The Labute approximate surface area is 225 Å². The summed E-state index contributed by atoms with van der Waals surface area (Å²) in [6, 6.07) is 13.8. The molecule has 0 saturated carbocycles. The van der Waals surface area contributed by atoms with Crippen LogP contribution < -0.4 is 15.8 Å². The molecule has 2 aromatic carbocycles. The van der Waals surface area contributed by atoms with Crippen LogP contribution in [0.4, 0.5) is 5.82 Å². The van der Waals surface area contributed by atoms with Crippen molar-refractivity contribution < 1.29 is 14.3 Å². The van der Waals surface area contributed by atoms with Crippen molar-refractivity contribution in [3.8, 4) is 5.75 Å². The number of aromatic nitrogens is 6. The quantitative estimate of drug-likeness (QED) is 0.283. The van der Waals surface area contributed by atoms with E-state index in [1.165, 1.54) is 0 Å². The van der Waals surface area contributed by atoms with Crippen LogP contribution in [0.5, 0.6) is 5.75 Å². The molecule has 0 radical (unpaired) electrons. The number of carbonyl (C=O) groups excluding carboxylic acids is 1. The molecule has 39 heavy (non-hydrogen) atoms. The normalized spacial score (nSPS) is 11.2. The van der Waals surface area contributed by atoms with Gasteiger partial charge in [-0.15, -0.1) is 5.10 Å². The van der Waals surface area contributed by atoms with Gasteiger partial charge in [-0.2, -0.15) is 5.10 Å². The van der Waals surface area contributed by atoms with E-state index in [4.69, 9.17) is 15.2 Å². The van der Waals surface area contributed by atoms with Crippen LogP contribution in [-0.2, 0) is 31.0 Å². The highest BCUT2D eigenvalue weighted by atomic mass is 16.5. The number of nitrogen functional groups attached to an aromatic ring is 1. The van der Waals surface area contributed by atoms with E-state index < -0.39 is 5.91 Å². The molecule has 3 aromatic heterocycles. The van der Waals surface area contributed by atoms with Gasteiger partial charge in [-0.3, -0.25) is 9.48 Å². The first kappa shape index (κ1) is 25.9. The first-order valence-corrected chi connectivity index (χ1v) is 12.4. The number of nitrogens with zero attached hydrogens (tertiary/aromatic N) is 6. The van der Waals surface area contributed by atoms with Gasteiger partial charge in [0.25, 0.3) is 5.91 Å². The van der Waals surface area contributed by atoms with Gasteiger partial charge in [0.1, 0.15) is 18.2 Å². The molecule has 11 heteroatoms. The summed E-state index contributed by atoms with van der Waals surface area (Å²) >= 11 is 0. The van der Waals surface area contributed by atoms with E-state index in [0.717, 1.165) is 33.0 Å².